The molecule has 0 spiro atoms. The van der Waals surface area contributed by atoms with Gasteiger partial charge in [-0.3, -0.25) is 4.79 Å². The Morgan fingerprint density at radius 2 is 1.81 bits per heavy atom. The number of esters is 2. The SMILES string of the molecule is COC(=O)C1=C(C(=O)OC)N(c2ccccc2C(=O)NCCC2=CCCCC2)C=CC=C1. The molecular weight excluding hydrogens is 408 g/mol. The quantitative estimate of drug-likeness (QED) is 0.517. The van der Waals surface area contributed by atoms with Gasteiger partial charge in [0.2, 0.25) is 0 Å². The summed E-state index contributed by atoms with van der Waals surface area (Å²) in [4.78, 5) is 39.5. The van der Waals surface area contributed by atoms with Gasteiger partial charge in [-0.1, -0.05) is 29.9 Å². The standard InChI is InChI=1S/C25H28N2O5/c1-31-24(29)20-13-8-9-17-27(22(20)25(30)32-2)21-14-7-6-12-19(21)23(28)26-16-15-18-10-4-3-5-11-18/h6-10,12-14,17H,3-5,11,15-16H2,1-2H3,(H,26,28). The molecule has 32 heavy (non-hydrogen) atoms. The lowest BCUT2D eigenvalue weighted by Crippen LogP contribution is -2.30. The number of carbonyl (C=O) groups is 3. The number of hydrogen-bond donors (Lipinski definition) is 1. The Kier molecular flexibility index (Phi) is 8.02. The number of nitrogens with zero attached hydrogens (tertiary/aromatic N) is 1. The number of allylic oxidation sites excluding steroid dienone is 3. The molecule has 7 heteroatoms. The molecule has 0 saturated heterocycles. The van der Waals surface area contributed by atoms with E-state index in [-0.39, 0.29) is 17.2 Å². The minimum absolute atomic E-state index is 0.0306. The number of methoxy groups -OCH3 is 2. The topological polar surface area (TPSA) is 84.9 Å². The van der Waals surface area contributed by atoms with Gasteiger partial charge in [0.05, 0.1) is 31.0 Å². The van der Waals surface area contributed by atoms with E-state index < -0.39 is 11.9 Å². The average molecular weight is 437 g/mol. The predicted molar refractivity (Wildman–Crippen MR) is 122 cm³/mol. The zero-order chi connectivity index (χ0) is 22.9. The van der Waals surface area contributed by atoms with E-state index in [0.717, 1.165) is 19.3 Å². The number of para-hydroxylation sites is 1. The molecule has 0 bridgehead atoms. The zero-order valence-electron chi connectivity index (χ0n) is 18.4. The molecule has 3 rings (SSSR count). The van der Waals surface area contributed by atoms with Gasteiger partial charge >= 0.3 is 11.9 Å². The highest BCUT2D eigenvalue weighted by Crippen LogP contribution is 2.29. The van der Waals surface area contributed by atoms with Crippen LogP contribution in [-0.4, -0.2) is 38.6 Å². The molecule has 7 nitrogen and oxygen atoms in total. The summed E-state index contributed by atoms with van der Waals surface area (Å²) in [5, 5.41) is 2.97. The number of carbonyl (C=O) groups excluding carboxylic acids is 3. The smallest absolute Gasteiger partial charge is 0.355 e. The summed E-state index contributed by atoms with van der Waals surface area (Å²) in [6.07, 6.45) is 14.1. The second-order valence-corrected chi connectivity index (χ2v) is 7.45. The van der Waals surface area contributed by atoms with Crippen LogP contribution in [0.2, 0.25) is 0 Å². The lowest BCUT2D eigenvalue weighted by atomic mass is 9.97. The largest absolute Gasteiger partial charge is 0.465 e. The fourth-order valence-electron chi connectivity index (χ4n) is 3.79. The minimum atomic E-state index is -0.721. The lowest BCUT2D eigenvalue weighted by Gasteiger charge is -2.25. The van der Waals surface area contributed by atoms with Crippen LogP contribution in [0.15, 0.2) is 71.6 Å². The first-order valence-corrected chi connectivity index (χ1v) is 10.7. The van der Waals surface area contributed by atoms with E-state index in [1.165, 1.54) is 43.6 Å². The summed E-state index contributed by atoms with van der Waals surface area (Å²) in [5.74, 6) is -1.66. The van der Waals surface area contributed by atoms with Crippen LogP contribution in [0.5, 0.6) is 0 Å². The van der Waals surface area contributed by atoms with E-state index in [2.05, 4.69) is 11.4 Å². The maximum Gasteiger partial charge on any atom is 0.355 e. The first-order chi connectivity index (χ1) is 15.6. The van der Waals surface area contributed by atoms with Gasteiger partial charge in [0.15, 0.2) is 0 Å². The van der Waals surface area contributed by atoms with Crippen molar-refractivity contribution in [2.24, 2.45) is 0 Å². The molecule has 2 aliphatic rings. The van der Waals surface area contributed by atoms with Gasteiger partial charge in [-0.15, -0.1) is 0 Å². The van der Waals surface area contributed by atoms with E-state index in [1.807, 2.05) is 0 Å². The average Bonchev–Trinajstić information content (AvgIpc) is 3.06. The summed E-state index contributed by atoms with van der Waals surface area (Å²) in [7, 11) is 2.48. The van der Waals surface area contributed by atoms with Crippen molar-refractivity contribution < 1.29 is 23.9 Å². The summed E-state index contributed by atoms with van der Waals surface area (Å²) in [6, 6.07) is 6.91. The molecule has 1 aromatic carbocycles. The fraction of sp³-hybridized carbons (Fsp3) is 0.320. The van der Waals surface area contributed by atoms with Gasteiger partial charge in [-0.05, 0) is 56.4 Å². The molecule has 0 aromatic heterocycles. The van der Waals surface area contributed by atoms with Gasteiger partial charge in [0.25, 0.3) is 5.91 Å². The third kappa shape index (κ3) is 5.35. The number of anilines is 1. The van der Waals surface area contributed by atoms with Crippen molar-refractivity contribution >= 4 is 23.5 Å². The molecule has 1 aliphatic carbocycles. The molecule has 0 fully saturated rings. The molecule has 1 amide bonds. The maximum atomic E-state index is 13.0. The maximum absolute atomic E-state index is 13.0. The first kappa shape index (κ1) is 23.1. The number of ether oxygens (including phenoxy) is 2. The monoisotopic (exact) mass is 436 g/mol. The minimum Gasteiger partial charge on any atom is -0.465 e. The molecule has 0 radical (unpaired) electrons. The zero-order valence-corrected chi connectivity index (χ0v) is 18.4. The highest BCUT2D eigenvalue weighted by molar-refractivity contribution is 6.07. The number of benzene rings is 1. The molecule has 1 heterocycles. The molecule has 1 N–H and O–H groups in total. The van der Waals surface area contributed by atoms with E-state index >= 15 is 0 Å². The number of rotatable bonds is 7. The Hall–Kier alpha value is -3.61. The van der Waals surface area contributed by atoms with Crippen molar-refractivity contribution in [1.29, 1.82) is 0 Å². The van der Waals surface area contributed by atoms with Crippen LogP contribution in [-0.2, 0) is 19.1 Å². The van der Waals surface area contributed by atoms with Crippen molar-refractivity contribution in [2.75, 3.05) is 25.7 Å². The van der Waals surface area contributed by atoms with Crippen molar-refractivity contribution in [3.63, 3.8) is 0 Å². The molecule has 1 aliphatic heterocycles. The van der Waals surface area contributed by atoms with E-state index in [9.17, 15) is 14.4 Å². The Balaban J connectivity index is 1.91. The predicted octanol–water partition coefficient (Wildman–Crippen LogP) is 3.80. The van der Waals surface area contributed by atoms with Gasteiger partial charge in [0, 0.05) is 12.7 Å². The van der Waals surface area contributed by atoms with Crippen molar-refractivity contribution in [3.8, 4) is 0 Å². The molecule has 0 atom stereocenters. The lowest BCUT2D eigenvalue weighted by molar-refractivity contribution is -0.139. The van der Waals surface area contributed by atoms with E-state index in [1.54, 1.807) is 42.6 Å². The third-order valence-electron chi connectivity index (χ3n) is 5.41. The van der Waals surface area contributed by atoms with Crippen molar-refractivity contribution in [2.45, 2.75) is 32.1 Å². The van der Waals surface area contributed by atoms with Gasteiger partial charge in [-0.25, -0.2) is 9.59 Å². The van der Waals surface area contributed by atoms with Crippen molar-refractivity contribution in [1.82, 2.24) is 5.32 Å². The Bertz CT molecular complexity index is 1000. The number of nitrogens with one attached hydrogen (secondary N) is 1. The fourth-order valence-corrected chi connectivity index (χ4v) is 3.79. The molecule has 0 saturated carbocycles. The van der Waals surface area contributed by atoms with Crippen molar-refractivity contribution in [3.05, 3.63) is 77.2 Å². The number of amides is 1. The first-order valence-electron chi connectivity index (χ1n) is 10.7. The van der Waals surface area contributed by atoms with Crippen LogP contribution in [0.4, 0.5) is 5.69 Å². The van der Waals surface area contributed by atoms with Crippen LogP contribution in [0.25, 0.3) is 0 Å². The summed E-state index contributed by atoms with van der Waals surface area (Å²) >= 11 is 0. The summed E-state index contributed by atoms with van der Waals surface area (Å²) in [6.45, 7) is 0.531. The second-order valence-electron chi connectivity index (χ2n) is 7.45. The van der Waals surface area contributed by atoms with E-state index in [4.69, 9.17) is 9.47 Å². The molecular formula is C25H28N2O5. The summed E-state index contributed by atoms with van der Waals surface area (Å²) < 4.78 is 9.78. The van der Waals surface area contributed by atoms with Crippen LogP contribution in [0.3, 0.4) is 0 Å². The summed E-state index contributed by atoms with van der Waals surface area (Å²) in [5.41, 5.74) is 2.21. The third-order valence-corrected chi connectivity index (χ3v) is 5.41. The molecule has 0 unspecified atom stereocenters. The normalized spacial score (nSPS) is 15.7. The van der Waals surface area contributed by atoms with Gasteiger partial charge < -0.3 is 19.7 Å². The van der Waals surface area contributed by atoms with Crippen LogP contribution >= 0.6 is 0 Å². The van der Waals surface area contributed by atoms with Gasteiger partial charge in [-0.2, -0.15) is 0 Å². The number of hydrogen-bond acceptors (Lipinski definition) is 6. The Morgan fingerprint density at radius 3 is 2.53 bits per heavy atom. The van der Waals surface area contributed by atoms with Crippen LogP contribution in [0, 0.1) is 0 Å². The second kappa shape index (κ2) is 11.1. The molecule has 168 valence electrons. The highest BCUT2D eigenvalue weighted by Gasteiger charge is 2.29. The highest BCUT2D eigenvalue weighted by atomic mass is 16.5. The van der Waals surface area contributed by atoms with Crippen LogP contribution in [0.1, 0.15) is 42.5 Å². The molecule has 1 aromatic rings. The van der Waals surface area contributed by atoms with Crippen LogP contribution < -0.4 is 10.2 Å². The van der Waals surface area contributed by atoms with Gasteiger partial charge in [0.1, 0.15) is 5.70 Å². The Morgan fingerprint density at radius 1 is 1.03 bits per heavy atom. The Labute approximate surface area is 188 Å². The van der Waals surface area contributed by atoms with E-state index in [0.29, 0.717) is 17.8 Å².